The maximum Gasteiger partial charge on any atom is 0.308 e. The number of fused-ring (bicyclic) bond motifs is 1. The highest BCUT2D eigenvalue weighted by molar-refractivity contribution is 6.03. The Morgan fingerprint density at radius 2 is 1.79 bits per heavy atom. The van der Waals surface area contributed by atoms with E-state index < -0.39 is 11.7 Å². The highest BCUT2D eigenvalue weighted by Crippen LogP contribution is 2.31. The molecule has 3 aromatic rings. The van der Waals surface area contributed by atoms with Crippen LogP contribution in [-0.2, 0) is 9.53 Å². The molecule has 11 heteroatoms. The molecule has 0 unspecified atom stereocenters. The van der Waals surface area contributed by atoms with Crippen molar-refractivity contribution < 1.29 is 18.7 Å². The van der Waals surface area contributed by atoms with E-state index in [0.717, 1.165) is 50.4 Å². The van der Waals surface area contributed by atoms with Gasteiger partial charge >= 0.3 is 5.97 Å². The number of carbonyl (C=O) groups is 2. The topological polar surface area (TPSA) is 123 Å². The number of pyridine rings is 1. The highest BCUT2D eigenvalue weighted by atomic mass is 19.1. The standard InChI is InChI=1S/C23H26FN7O3/c1-34-23(33)13-2-4-15(5-3-13)28-20-10-18(27-14-6-7-14)21-26-12-19(31(21)30-20)22(32)29-17-8-9-25-11-16(17)24/h8-15,27H,2-7H2,1H3,(H,28,30)(H,25,29,32)/t13-,15-. The van der Waals surface area contributed by atoms with Gasteiger partial charge in [-0.3, -0.25) is 14.6 Å². The summed E-state index contributed by atoms with van der Waals surface area (Å²) in [5, 5.41) is 14.1. The van der Waals surface area contributed by atoms with Crippen LogP contribution in [0.1, 0.15) is 49.0 Å². The van der Waals surface area contributed by atoms with Gasteiger partial charge in [0.15, 0.2) is 17.2 Å². The van der Waals surface area contributed by atoms with E-state index >= 15 is 0 Å². The van der Waals surface area contributed by atoms with E-state index in [1.165, 1.54) is 30.1 Å². The molecule has 0 spiro atoms. The number of rotatable bonds is 7. The first-order chi connectivity index (χ1) is 16.5. The lowest BCUT2D eigenvalue weighted by atomic mass is 9.86. The van der Waals surface area contributed by atoms with Crippen LogP contribution in [0.3, 0.4) is 0 Å². The minimum absolute atomic E-state index is 0.0305. The molecular formula is C23H26FN7O3. The zero-order valence-corrected chi connectivity index (χ0v) is 18.8. The first kappa shape index (κ1) is 22.1. The van der Waals surface area contributed by atoms with Crippen molar-refractivity contribution in [2.45, 2.75) is 50.6 Å². The third kappa shape index (κ3) is 4.63. The van der Waals surface area contributed by atoms with E-state index in [4.69, 9.17) is 4.74 Å². The fourth-order valence-corrected chi connectivity index (χ4v) is 4.26. The zero-order chi connectivity index (χ0) is 23.7. The van der Waals surface area contributed by atoms with Crippen LogP contribution >= 0.6 is 0 Å². The summed E-state index contributed by atoms with van der Waals surface area (Å²) in [6.45, 7) is 0. The first-order valence-corrected chi connectivity index (χ1v) is 11.4. The van der Waals surface area contributed by atoms with Crippen molar-refractivity contribution in [2.75, 3.05) is 23.1 Å². The van der Waals surface area contributed by atoms with Crippen LogP contribution < -0.4 is 16.0 Å². The van der Waals surface area contributed by atoms with Gasteiger partial charge in [0, 0.05) is 24.3 Å². The third-order valence-corrected chi connectivity index (χ3v) is 6.27. The molecule has 0 saturated heterocycles. The monoisotopic (exact) mass is 467 g/mol. The van der Waals surface area contributed by atoms with Crippen molar-refractivity contribution in [3.63, 3.8) is 0 Å². The van der Waals surface area contributed by atoms with Gasteiger partial charge < -0.3 is 20.7 Å². The van der Waals surface area contributed by atoms with Crippen molar-refractivity contribution in [2.24, 2.45) is 5.92 Å². The normalized spacial score (nSPS) is 20.1. The van der Waals surface area contributed by atoms with Crippen molar-refractivity contribution in [1.29, 1.82) is 0 Å². The van der Waals surface area contributed by atoms with Crippen LogP contribution in [0, 0.1) is 11.7 Å². The van der Waals surface area contributed by atoms with Crippen LogP contribution in [0.2, 0.25) is 0 Å². The van der Waals surface area contributed by atoms with Crippen LogP contribution in [0.15, 0.2) is 30.7 Å². The van der Waals surface area contributed by atoms with Crippen molar-refractivity contribution >= 4 is 34.7 Å². The van der Waals surface area contributed by atoms with Crippen molar-refractivity contribution in [3.8, 4) is 0 Å². The summed E-state index contributed by atoms with van der Waals surface area (Å²) in [5.74, 6) is -0.784. The molecule has 0 aliphatic heterocycles. The van der Waals surface area contributed by atoms with E-state index in [2.05, 4.69) is 31.0 Å². The van der Waals surface area contributed by atoms with E-state index in [1.807, 2.05) is 6.07 Å². The van der Waals surface area contributed by atoms with Crippen molar-refractivity contribution in [3.05, 3.63) is 42.2 Å². The van der Waals surface area contributed by atoms with E-state index in [0.29, 0.717) is 17.5 Å². The smallest absolute Gasteiger partial charge is 0.308 e. The fourth-order valence-electron chi connectivity index (χ4n) is 4.26. The van der Waals surface area contributed by atoms with Gasteiger partial charge in [-0.05, 0) is 44.6 Å². The molecule has 5 rings (SSSR count). The summed E-state index contributed by atoms with van der Waals surface area (Å²) in [6.07, 6.45) is 9.13. The number of hydrogen-bond donors (Lipinski definition) is 3. The predicted molar refractivity (Wildman–Crippen MR) is 123 cm³/mol. The van der Waals surface area contributed by atoms with Crippen LogP contribution in [0.5, 0.6) is 0 Å². The molecule has 3 aromatic heterocycles. The number of ether oxygens (including phenoxy) is 1. The average Bonchev–Trinajstić information content (AvgIpc) is 3.55. The molecule has 0 atom stereocenters. The number of halogens is 1. The Bertz CT molecular complexity index is 1220. The summed E-state index contributed by atoms with van der Waals surface area (Å²) in [5.41, 5.74) is 1.51. The molecule has 178 valence electrons. The summed E-state index contributed by atoms with van der Waals surface area (Å²) in [4.78, 5) is 32.9. The number of methoxy groups -OCH3 is 1. The minimum atomic E-state index is -0.626. The van der Waals surface area contributed by atoms with Gasteiger partial charge in [0.05, 0.1) is 36.8 Å². The Balaban J connectivity index is 1.39. The number of esters is 1. The lowest BCUT2D eigenvalue weighted by Gasteiger charge is -2.28. The van der Waals surface area contributed by atoms with Gasteiger partial charge in [0.1, 0.15) is 5.82 Å². The molecule has 1 amide bonds. The Morgan fingerprint density at radius 3 is 2.50 bits per heavy atom. The maximum atomic E-state index is 14.0. The Hall–Kier alpha value is -3.76. The van der Waals surface area contributed by atoms with Gasteiger partial charge in [-0.1, -0.05) is 0 Å². The number of nitrogens with zero attached hydrogens (tertiary/aromatic N) is 4. The minimum Gasteiger partial charge on any atom is -0.469 e. The van der Waals surface area contributed by atoms with E-state index in [-0.39, 0.29) is 29.3 Å². The second-order valence-corrected chi connectivity index (χ2v) is 8.77. The zero-order valence-electron chi connectivity index (χ0n) is 18.8. The molecular weight excluding hydrogens is 441 g/mol. The Morgan fingerprint density at radius 1 is 1.06 bits per heavy atom. The largest absolute Gasteiger partial charge is 0.469 e. The van der Waals surface area contributed by atoms with Crippen LogP contribution in [-0.4, -0.2) is 50.7 Å². The van der Waals surface area contributed by atoms with Gasteiger partial charge in [-0.2, -0.15) is 0 Å². The summed E-state index contributed by atoms with van der Waals surface area (Å²) < 4.78 is 20.3. The van der Waals surface area contributed by atoms with Crippen molar-refractivity contribution in [1.82, 2.24) is 19.6 Å². The number of carbonyl (C=O) groups excluding carboxylic acids is 2. The van der Waals surface area contributed by atoms with Gasteiger partial charge in [-0.25, -0.2) is 13.9 Å². The molecule has 2 fully saturated rings. The lowest BCUT2D eigenvalue weighted by Crippen LogP contribution is -2.30. The fraction of sp³-hybridized carbons (Fsp3) is 0.435. The number of imidazole rings is 1. The second kappa shape index (κ2) is 9.24. The Labute approximate surface area is 195 Å². The quantitative estimate of drug-likeness (QED) is 0.453. The molecule has 0 aromatic carbocycles. The lowest BCUT2D eigenvalue weighted by molar-refractivity contribution is -0.146. The SMILES string of the molecule is COC(=O)[C@H]1CC[C@H](Nc2cc(NC3CC3)c3ncc(C(=O)Nc4ccncc4F)n3n2)CC1. The average molecular weight is 468 g/mol. The molecule has 3 heterocycles. The van der Waals surface area contributed by atoms with Gasteiger partial charge in [0.25, 0.3) is 5.91 Å². The summed E-state index contributed by atoms with van der Waals surface area (Å²) in [6, 6.07) is 3.81. The number of anilines is 3. The second-order valence-electron chi connectivity index (χ2n) is 8.77. The number of hydrogen-bond acceptors (Lipinski definition) is 8. The van der Waals surface area contributed by atoms with Gasteiger partial charge in [0.2, 0.25) is 0 Å². The van der Waals surface area contributed by atoms with Crippen LogP contribution in [0.4, 0.5) is 21.6 Å². The van der Waals surface area contributed by atoms with E-state index in [1.54, 1.807) is 0 Å². The molecule has 34 heavy (non-hydrogen) atoms. The first-order valence-electron chi connectivity index (χ1n) is 11.4. The number of amides is 1. The Kier molecular flexibility index (Phi) is 5.99. The van der Waals surface area contributed by atoms with Gasteiger partial charge in [-0.15, -0.1) is 5.10 Å². The van der Waals surface area contributed by atoms with E-state index in [9.17, 15) is 14.0 Å². The predicted octanol–water partition coefficient (Wildman–Crippen LogP) is 3.23. The molecule has 2 aliphatic rings. The molecule has 2 saturated carbocycles. The molecule has 0 bridgehead atoms. The number of aromatic nitrogens is 4. The third-order valence-electron chi connectivity index (χ3n) is 6.27. The molecule has 3 N–H and O–H groups in total. The summed E-state index contributed by atoms with van der Waals surface area (Å²) >= 11 is 0. The van der Waals surface area contributed by atoms with Crippen LogP contribution in [0.25, 0.3) is 5.65 Å². The maximum absolute atomic E-state index is 14.0. The highest BCUT2D eigenvalue weighted by Gasteiger charge is 2.28. The molecule has 10 nitrogen and oxygen atoms in total. The molecule has 0 radical (unpaired) electrons. The number of nitrogens with one attached hydrogen (secondary N) is 3. The summed E-state index contributed by atoms with van der Waals surface area (Å²) in [7, 11) is 1.42. The molecule has 2 aliphatic carbocycles.